The largest absolute Gasteiger partial charge is 0.310 e. The van der Waals surface area contributed by atoms with Crippen LogP contribution in [0, 0.1) is 0 Å². The number of primary sulfonamides is 1. The van der Waals surface area contributed by atoms with Crippen LogP contribution < -0.4 is 15.6 Å². The number of sulfonamides is 1. The molecule has 0 unspecified atom stereocenters. The second kappa shape index (κ2) is 5.46. The quantitative estimate of drug-likeness (QED) is 0.804. The lowest BCUT2D eigenvalue weighted by atomic mass is 10.2. The number of hydrogen-bond donors (Lipinski definition) is 2. The molecule has 0 radical (unpaired) electrons. The number of hydrogen-bond acceptors (Lipinski definition) is 5. The highest BCUT2D eigenvalue weighted by Gasteiger charge is 2.16. The second-order valence-corrected chi connectivity index (χ2v) is 5.77. The number of nitrogens with zero attached hydrogens (tertiary/aromatic N) is 2. The average molecular weight is 308 g/mol. The summed E-state index contributed by atoms with van der Waals surface area (Å²) in [6.07, 6.45) is 0. The highest BCUT2D eigenvalue weighted by Crippen LogP contribution is 2.17. The maximum absolute atomic E-state index is 12.1. The van der Waals surface area contributed by atoms with Gasteiger partial charge in [0, 0.05) is 18.8 Å². The number of nitrogens with one attached hydrogen (secondary N) is 1. The van der Waals surface area contributed by atoms with Gasteiger partial charge in [0.1, 0.15) is 5.69 Å². The smallest absolute Gasteiger partial charge is 0.278 e. The van der Waals surface area contributed by atoms with Gasteiger partial charge >= 0.3 is 0 Å². The normalized spacial score (nSPS) is 11.1. The number of amides is 1. The highest BCUT2D eigenvalue weighted by atomic mass is 32.2. The number of benzene rings is 1. The zero-order chi connectivity index (χ0) is 15.6. The first-order chi connectivity index (χ1) is 9.79. The van der Waals surface area contributed by atoms with E-state index in [-0.39, 0.29) is 10.6 Å². The molecule has 3 N–H and O–H groups in total. The Morgan fingerprint density at radius 3 is 2.29 bits per heavy atom. The van der Waals surface area contributed by atoms with Crippen molar-refractivity contribution in [2.45, 2.75) is 4.90 Å². The Morgan fingerprint density at radius 1 is 1.19 bits per heavy atom. The molecule has 2 rings (SSSR count). The van der Waals surface area contributed by atoms with Crippen molar-refractivity contribution in [3.8, 4) is 0 Å². The summed E-state index contributed by atoms with van der Waals surface area (Å²) < 4.78 is 22.3. The minimum Gasteiger partial charge on any atom is -0.310 e. The minimum atomic E-state index is -3.78. The monoisotopic (exact) mass is 308 g/mol. The molecule has 0 atom stereocenters. The van der Waals surface area contributed by atoms with E-state index in [9.17, 15) is 18.0 Å². The third-order valence-electron chi connectivity index (χ3n) is 2.76. The van der Waals surface area contributed by atoms with Crippen LogP contribution in [-0.2, 0) is 10.0 Å². The molecule has 0 bridgehead atoms. The predicted molar refractivity (Wildman–Crippen MR) is 75.4 cm³/mol. The van der Waals surface area contributed by atoms with Gasteiger partial charge in [-0.1, -0.05) is 0 Å². The molecular weight excluding hydrogens is 296 g/mol. The van der Waals surface area contributed by atoms with Crippen LogP contribution >= 0.6 is 0 Å². The molecule has 0 spiro atoms. The summed E-state index contributed by atoms with van der Waals surface area (Å²) in [5, 5.41) is 10.8. The Bertz CT molecular complexity index is 807. The first kappa shape index (κ1) is 14.9. The molecule has 1 aromatic carbocycles. The summed E-state index contributed by atoms with van der Waals surface area (Å²) in [6, 6.07) is 7.99. The molecule has 0 aliphatic carbocycles. The fraction of sp³-hybridized carbons (Fsp3) is 0.0833. The molecule has 21 heavy (non-hydrogen) atoms. The summed E-state index contributed by atoms with van der Waals surface area (Å²) >= 11 is 0. The maximum Gasteiger partial charge on any atom is 0.278 e. The summed E-state index contributed by atoms with van der Waals surface area (Å²) in [5.74, 6) is -0.449. The predicted octanol–water partition coefficient (Wildman–Crippen LogP) is -0.306. The number of anilines is 1. The molecule has 9 heteroatoms. The maximum atomic E-state index is 12.1. The van der Waals surface area contributed by atoms with Crippen LogP contribution in [0.15, 0.2) is 46.1 Å². The van der Waals surface area contributed by atoms with E-state index in [0.29, 0.717) is 5.69 Å². The van der Waals surface area contributed by atoms with Gasteiger partial charge in [-0.3, -0.25) is 9.59 Å². The molecule has 1 amide bonds. The number of aromatic amines is 1. The zero-order valence-electron chi connectivity index (χ0n) is 11.0. The number of aromatic nitrogens is 2. The molecule has 2 aromatic rings. The number of nitrogens with two attached hydrogens (primary N) is 1. The third kappa shape index (κ3) is 3.33. The fourth-order valence-corrected chi connectivity index (χ4v) is 2.13. The van der Waals surface area contributed by atoms with Gasteiger partial charge in [0.2, 0.25) is 10.0 Å². The summed E-state index contributed by atoms with van der Waals surface area (Å²) in [4.78, 5) is 24.3. The molecule has 0 saturated heterocycles. The zero-order valence-corrected chi connectivity index (χ0v) is 11.8. The summed E-state index contributed by atoms with van der Waals surface area (Å²) in [7, 11) is -2.28. The van der Waals surface area contributed by atoms with Crippen molar-refractivity contribution in [3.63, 3.8) is 0 Å². The lowest BCUT2D eigenvalue weighted by Gasteiger charge is -2.16. The topological polar surface area (TPSA) is 126 Å². The summed E-state index contributed by atoms with van der Waals surface area (Å²) in [6.45, 7) is 0. The lowest BCUT2D eigenvalue weighted by Crippen LogP contribution is -2.28. The van der Waals surface area contributed by atoms with E-state index in [2.05, 4.69) is 10.2 Å². The van der Waals surface area contributed by atoms with E-state index in [4.69, 9.17) is 5.14 Å². The molecule has 110 valence electrons. The van der Waals surface area contributed by atoms with Gasteiger partial charge < -0.3 is 4.90 Å². The van der Waals surface area contributed by atoms with Crippen molar-refractivity contribution in [1.29, 1.82) is 0 Å². The summed E-state index contributed by atoms with van der Waals surface area (Å²) in [5.41, 5.74) is 0.111. The fourth-order valence-electron chi connectivity index (χ4n) is 1.61. The van der Waals surface area contributed by atoms with Gasteiger partial charge in [0.05, 0.1) is 4.90 Å². The van der Waals surface area contributed by atoms with Crippen LogP contribution in [0.3, 0.4) is 0 Å². The second-order valence-electron chi connectivity index (χ2n) is 4.21. The molecule has 0 fully saturated rings. The van der Waals surface area contributed by atoms with Crippen LogP contribution in [0.4, 0.5) is 5.69 Å². The standard InChI is InChI=1S/C12H12N4O4S/c1-16(12(18)10-6-7-11(17)15-14-10)8-2-4-9(5-3-8)21(13,19)20/h2-7H,1H3,(H,15,17)(H2,13,19,20). The Balaban J connectivity index is 2.27. The molecule has 8 nitrogen and oxygen atoms in total. The minimum absolute atomic E-state index is 0.0470. The van der Waals surface area contributed by atoms with Crippen molar-refractivity contribution in [2.75, 3.05) is 11.9 Å². The lowest BCUT2D eigenvalue weighted by molar-refractivity contribution is 0.0987. The van der Waals surface area contributed by atoms with Gasteiger partial charge in [-0.25, -0.2) is 18.7 Å². The Labute approximate surface area is 120 Å². The molecule has 1 aromatic heterocycles. The van der Waals surface area contributed by atoms with Crippen LogP contribution in [0.1, 0.15) is 10.5 Å². The van der Waals surface area contributed by atoms with E-state index >= 15 is 0 Å². The van der Waals surface area contributed by atoms with Crippen LogP contribution in [0.2, 0.25) is 0 Å². The first-order valence-electron chi connectivity index (χ1n) is 5.76. The molecule has 0 aliphatic rings. The molecular formula is C12H12N4O4S. The van der Waals surface area contributed by atoms with Crippen molar-refractivity contribution in [2.24, 2.45) is 5.14 Å². The van der Waals surface area contributed by atoms with Crippen molar-refractivity contribution in [3.05, 3.63) is 52.4 Å². The van der Waals surface area contributed by atoms with Crippen molar-refractivity contribution >= 4 is 21.6 Å². The third-order valence-corrected chi connectivity index (χ3v) is 3.68. The molecule has 0 saturated carbocycles. The number of rotatable bonds is 3. The number of H-pyrrole nitrogens is 1. The van der Waals surface area contributed by atoms with Gasteiger partial charge in [0.15, 0.2) is 0 Å². The molecule has 1 heterocycles. The number of carbonyl (C=O) groups excluding carboxylic acids is 1. The first-order valence-corrected chi connectivity index (χ1v) is 7.30. The number of carbonyl (C=O) groups is 1. The Hall–Kier alpha value is -2.52. The van der Waals surface area contributed by atoms with Gasteiger partial charge in [-0.15, -0.1) is 0 Å². The van der Waals surface area contributed by atoms with E-state index in [1.165, 1.54) is 48.3 Å². The van der Waals surface area contributed by atoms with E-state index in [1.807, 2.05) is 0 Å². The van der Waals surface area contributed by atoms with Crippen LogP contribution in [-0.4, -0.2) is 31.6 Å². The van der Waals surface area contributed by atoms with E-state index in [0.717, 1.165) is 0 Å². The van der Waals surface area contributed by atoms with E-state index < -0.39 is 21.5 Å². The highest BCUT2D eigenvalue weighted by molar-refractivity contribution is 7.89. The molecule has 0 aliphatic heterocycles. The van der Waals surface area contributed by atoms with Crippen molar-refractivity contribution < 1.29 is 13.2 Å². The van der Waals surface area contributed by atoms with Crippen molar-refractivity contribution in [1.82, 2.24) is 10.2 Å². The Morgan fingerprint density at radius 2 is 1.81 bits per heavy atom. The van der Waals surface area contributed by atoms with Gasteiger partial charge in [-0.2, -0.15) is 5.10 Å². The Kier molecular flexibility index (Phi) is 3.87. The van der Waals surface area contributed by atoms with Crippen LogP contribution in [0.25, 0.3) is 0 Å². The van der Waals surface area contributed by atoms with Crippen LogP contribution in [0.5, 0.6) is 0 Å². The van der Waals surface area contributed by atoms with E-state index in [1.54, 1.807) is 0 Å². The van der Waals surface area contributed by atoms with Gasteiger partial charge in [-0.05, 0) is 30.3 Å². The average Bonchev–Trinajstić information content (AvgIpc) is 2.46. The van der Waals surface area contributed by atoms with Gasteiger partial charge in [0.25, 0.3) is 11.5 Å². The SMILES string of the molecule is CN(C(=O)c1ccc(=O)[nH]n1)c1ccc(S(N)(=O)=O)cc1.